The average Bonchev–Trinajstić information content (AvgIpc) is 2.97. The van der Waals surface area contributed by atoms with Crippen LogP contribution in [0.5, 0.6) is 0 Å². The summed E-state index contributed by atoms with van der Waals surface area (Å²) in [6, 6.07) is 13.9. The van der Waals surface area contributed by atoms with Gasteiger partial charge in [0, 0.05) is 18.7 Å². The fraction of sp³-hybridized carbons (Fsp3) is 0.0769. The SMILES string of the molecule is Cn1nc(-c2ccccc2)cc1-c1cc(N)n[nH]1. The number of anilines is 1. The second-order valence-corrected chi connectivity index (χ2v) is 4.11. The van der Waals surface area contributed by atoms with Crippen LogP contribution in [0.1, 0.15) is 0 Å². The summed E-state index contributed by atoms with van der Waals surface area (Å²) < 4.78 is 1.81. The first kappa shape index (κ1) is 10.6. The van der Waals surface area contributed by atoms with Crippen LogP contribution in [-0.2, 0) is 7.05 Å². The average molecular weight is 239 g/mol. The van der Waals surface area contributed by atoms with E-state index >= 15 is 0 Å². The zero-order valence-electron chi connectivity index (χ0n) is 9.96. The van der Waals surface area contributed by atoms with E-state index < -0.39 is 0 Å². The second-order valence-electron chi connectivity index (χ2n) is 4.11. The molecule has 5 heteroatoms. The minimum atomic E-state index is 0.479. The molecule has 0 radical (unpaired) electrons. The summed E-state index contributed by atoms with van der Waals surface area (Å²) in [5, 5.41) is 11.3. The number of H-pyrrole nitrogens is 1. The van der Waals surface area contributed by atoms with Crippen LogP contribution in [0, 0.1) is 0 Å². The number of aromatic amines is 1. The summed E-state index contributed by atoms with van der Waals surface area (Å²) in [4.78, 5) is 0. The Balaban J connectivity index is 2.06. The molecule has 0 saturated heterocycles. The summed E-state index contributed by atoms with van der Waals surface area (Å²) in [6.07, 6.45) is 0. The number of aromatic nitrogens is 4. The van der Waals surface area contributed by atoms with Crippen molar-refractivity contribution in [2.24, 2.45) is 7.05 Å². The number of hydrogen-bond acceptors (Lipinski definition) is 3. The summed E-state index contributed by atoms with van der Waals surface area (Å²) in [5.41, 5.74) is 9.46. The third-order valence-electron chi connectivity index (χ3n) is 2.82. The van der Waals surface area contributed by atoms with Crippen LogP contribution < -0.4 is 5.73 Å². The summed E-state index contributed by atoms with van der Waals surface area (Å²) in [6.45, 7) is 0. The molecule has 0 aliphatic heterocycles. The van der Waals surface area contributed by atoms with Gasteiger partial charge in [0.25, 0.3) is 0 Å². The van der Waals surface area contributed by atoms with Gasteiger partial charge in [0.05, 0.1) is 17.1 Å². The summed E-state index contributed by atoms with van der Waals surface area (Å²) >= 11 is 0. The van der Waals surface area contributed by atoms with Crippen LogP contribution in [0.3, 0.4) is 0 Å². The Bertz CT molecular complexity index is 666. The fourth-order valence-electron chi connectivity index (χ4n) is 1.94. The van der Waals surface area contributed by atoms with Gasteiger partial charge in [0.2, 0.25) is 0 Å². The van der Waals surface area contributed by atoms with E-state index in [-0.39, 0.29) is 0 Å². The number of nitrogens with one attached hydrogen (secondary N) is 1. The molecule has 90 valence electrons. The molecule has 0 fully saturated rings. The van der Waals surface area contributed by atoms with Gasteiger partial charge < -0.3 is 5.73 Å². The summed E-state index contributed by atoms with van der Waals surface area (Å²) in [7, 11) is 1.90. The van der Waals surface area contributed by atoms with Crippen molar-refractivity contribution in [1.29, 1.82) is 0 Å². The molecule has 2 aromatic heterocycles. The van der Waals surface area contributed by atoms with Gasteiger partial charge in [-0.25, -0.2) is 0 Å². The molecule has 0 spiro atoms. The van der Waals surface area contributed by atoms with E-state index in [4.69, 9.17) is 5.73 Å². The monoisotopic (exact) mass is 239 g/mol. The highest BCUT2D eigenvalue weighted by Crippen LogP contribution is 2.24. The Kier molecular flexibility index (Phi) is 2.37. The fourth-order valence-corrected chi connectivity index (χ4v) is 1.94. The first-order chi connectivity index (χ1) is 8.74. The smallest absolute Gasteiger partial charge is 0.145 e. The third-order valence-corrected chi connectivity index (χ3v) is 2.82. The number of nitrogens with two attached hydrogens (primary N) is 1. The Labute approximate surface area is 104 Å². The van der Waals surface area contributed by atoms with Crippen molar-refractivity contribution < 1.29 is 0 Å². The van der Waals surface area contributed by atoms with E-state index in [0.29, 0.717) is 5.82 Å². The summed E-state index contributed by atoms with van der Waals surface area (Å²) in [5.74, 6) is 0.479. The lowest BCUT2D eigenvalue weighted by Gasteiger charge is -1.95. The Morgan fingerprint density at radius 2 is 1.94 bits per heavy atom. The van der Waals surface area contributed by atoms with Crippen LogP contribution >= 0.6 is 0 Å². The van der Waals surface area contributed by atoms with Crippen molar-refractivity contribution in [3.05, 3.63) is 42.5 Å². The van der Waals surface area contributed by atoms with Gasteiger partial charge in [-0.1, -0.05) is 30.3 Å². The van der Waals surface area contributed by atoms with Crippen LogP contribution in [0.2, 0.25) is 0 Å². The zero-order chi connectivity index (χ0) is 12.5. The predicted molar refractivity (Wildman–Crippen MR) is 70.6 cm³/mol. The molecule has 0 unspecified atom stereocenters. The maximum atomic E-state index is 5.61. The third kappa shape index (κ3) is 1.75. The molecule has 3 N–H and O–H groups in total. The highest BCUT2D eigenvalue weighted by atomic mass is 15.3. The van der Waals surface area contributed by atoms with Crippen molar-refractivity contribution in [2.45, 2.75) is 0 Å². The molecular formula is C13H13N5. The molecule has 0 aliphatic carbocycles. The largest absolute Gasteiger partial charge is 0.382 e. The second kappa shape index (κ2) is 4.03. The highest BCUT2D eigenvalue weighted by Gasteiger charge is 2.10. The zero-order valence-corrected chi connectivity index (χ0v) is 9.96. The van der Waals surface area contributed by atoms with Crippen molar-refractivity contribution in [3.8, 4) is 22.6 Å². The first-order valence-corrected chi connectivity index (χ1v) is 5.65. The minimum Gasteiger partial charge on any atom is -0.382 e. The number of aryl methyl sites for hydroxylation is 1. The Hall–Kier alpha value is -2.56. The van der Waals surface area contributed by atoms with Gasteiger partial charge in [-0.2, -0.15) is 10.2 Å². The molecule has 1 aromatic carbocycles. The lowest BCUT2D eigenvalue weighted by Crippen LogP contribution is -1.93. The van der Waals surface area contributed by atoms with Crippen LogP contribution in [-0.4, -0.2) is 20.0 Å². The molecule has 0 atom stereocenters. The molecule has 0 amide bonds. The number of hydrogen-bond donors (Lipinski definition) is 2. The quantitative estimate of drug-likeness (QED) is 0.719. The van der Waals surface area contributed by atoms with Crippen molar-refractivity contribution in [1.82, 2.24) is 20.0 Å². The van der Waals surface area contributed by atoms with Gasteiger partial charge in [-0.3, -0.25) is 9.78 Å². The van der Waals surface area contributed by atoms with E-state index in [0.717, 1.165) is 22.6 Å². The highest BCUT2D eigenvalue weighted by molar-refractivity contribution is 5.67. The number of rotatable bonds is 2. The van der Waals surface area contributed by atoms with Crippen LogP contribution in [0.4, 0.5) is 5.82 Å². The molecule has 3 aromatic rings. The van der Waals surface area contributed by atoms with Crippen molar-refractivity contribution in [2.75, 3.05) is 5.73 Å². The van der Waals surface area contributed by atoms with Gasteiger partial charge in [0.1, 0.15) is 5.82 Å². The van der Waals surface area contributed by atoms with E-state index in [1.165, 1.54) is 0 Å². The molecule has 0 saturated carbocycles. The van der Waals surface area contributed by atoms with Gasteiger partial charge in [-0.15, -0.1) is 0 Å². The lowest BCUT2D eigenvalue weighted by atomic mass is 10.1. The number of nitrogen functional groups attached to an aromatic ring is 1. The number of nitrogens with zero attached hydrogens (tertiary/aromatic N) is 3. The molecule has 5 nitrogen and oxygen atoms in total. The lowest BCUT2D eigenvalue weighted by molar-refractivity contribution is 0.776. The molecule has 0 bridgehead atoms. The van der Waals surface area contributed by atoms with E-state index in [1.807, 2.05) is 48.1 Å². The van der Waals surface area contributed by atoms with E-state index in [1.54, 1.807) is 6.07 Å². The first-order valence-electron chi connectivity index (χ1n) is 5.65. The molecule has 2 heterocycles. The standard InChI is InChI=1S/C13H13N5/c1-18-12(11-8-13(14)16-15-11)7-10(17-18)9-5-3-2-4-6-9/h2-8H,1H3,(H3,14,15,16). The van der Waals surface area contributed by atoms with Gasteiger partial charge in [-0.05, 0) is 6.07 Å². The molecular weight excluding hydrogens is 226 g/mol. The Morgan fingerprint density at radius 1 is 1.17 bits per heavy atom. The number of benzene rings is 1. The van der Waals surface area contributed by atoms with Crippen molar-refractivity contribution in [3.63, 3.8) is 0 Å². The van der Waals surface area contributed by atoms with Crippen molar-refractivity contribution >= 4 is 5.82 Å². The van der Waals surface area contributed by atoms with Gasteiger partial charge >= 0.3 is 0 Å². The van der Waals surface area contributed by atoms with E-state index in [2.05, 4.69) is 15.3 Å². The maximum Gasteiger partial charge on any atom is 0.145 e. The van der Waals surface area contributed by atoms with E-state index in [9.17, 15) is 0 Å². The normalized spacial score (nSPS) is 10.7. The molecule has 3 rings (SSSR count). The minimum absolute atomic E-state index is 0.479. The topological polar surface area (TPSA) is 72.5 Å². The Morgan fingerprint density at radius 3 is 2.61 bits per heavy atom. The molecule has 0 aliphatic rings. The van der Waals surface area contributed by atoms with Gasteiger partial charge in [0.15, 0.2) is 0 Å². The predicted octanol–water partition coefficient (Wildman–Crippen LogP) is 2.06. The van der Waals surface area contributed by atoms with Crippen LogP contribution in [0.25, 0.3) is 22.6 Å². The molecule has 18 heavy (non-hydrogen) atoms. The van der Waals surface area contributed by atoms with Crippen LogP contribution in [0.15, 0.2) is 42.5 Å². The maximum absolute atomic E-state index is 5.61.